The first-order valence-electron chi connectivity index (χ1n) is 6.96. The summed E-state index contributed by atoms with van der Waals surface area (Å²) in [6.45, 7) is 6.16. The maximum Gasteiger partial charge on any atom is 0.268 e. The average molecular weight is 272 g/mol. The summed E-state index contributed by atoms with van der Waals surface area (Å²) in [7, 11) is 0. The number of hydrogen-bond acceptors (Lipinski definition) is 2. The summed E-state index contributed by atoms with van der Waals surface area (Å²) in [6, 6.07) is 9.03. The molecule has 0 radical (unpaired) electrons. The summed E-state index contributed by atoms with van der Waals surface area (Å²) < 4.78 is 0. The molecule has 1 amide bonds. The fraction of sp³-hybridized carbons (Fsp3) is 0.375. The summed E-state index contributed by atoms with van der Waals surface area (Å²) >= 11 is 0. The lowest BCUT2D eigenvalue weighted by atomic mass is 10.0. The molecule has 2 atom stereocenters. The van der Waals surface area contributed by atoms with Crippen LogP contribution in [0.15, 0.2) is 35.1 Å². The van der Waals surface area contributed by atoms with E-state index in [9.17, 15) is 9.59 Å². The molecule has 0 bridgehead atoms. The lowest BCUT2D eigenvalue weighted by molar-refractivity contribution is 0.0923. The van der Waals surface area contributed by atoms with E-state index in [2.05, 4.69) is 24.1 Å². The van der Waals surface area contributed by atoms with Gasteiger partial charge in [-0.2, -0.15) is 0 Å². The Kier molecular flexibility index (Phi) is 4.23. The Labute approximate surface area is 118 Å². The normalized spacial score (nSPS) is 13.9. The fourth-order valence-electron chi connectivity index (χ4n) is 2.11. The Hall–Kier alpha value is -2.10. The van der Waals surface area contributed by atoms with E-state index < -0.39 is 0 Å². The molecule has 0 unspecified atom stereocenters. The summed E-state index contributed by atoms with van der Waals surface area (Å²) in [4.78, 5) is 26.8. The standard InChI is InChI=1S/C16H20N2O2/c1-4-10(2)11(3)17-16(20)14-9-12-7-5-6-8-13(12)15(19)18-14/h5-11H,4H2,1-3H3,(H,17,20)(H,18,19)/t10-,11-/m0/s1. The van der Waals surface area contributed by atoms with Crippen molar-refractivity contribution in [2.24, 2.45) is 5.92 Å². The third kappa shape index (κ3) is 2.90. The SMILES string of the molecule is CC[C@H](C)[C@H](C)NC(=O)c1cc2ccccc2c(=O)[nH]1. The zero-order valence-electron chi connectivity index (χ0n) is 12.1. The summed E-state index contributed by atoms with van der Waals surface area (Å²) in [5.41, 5.74) is 0.0771. The molecule has 0 aliphatic carbocycles. The molecule has 0 aliphatic rings. The largest absolute Gasteiger partial charge is 0.348 e. The van der Waals surface area contributed by atoms with Crippen molar-refractivity contribution in [1.82, 2.24) is 10.3 Å². The van der Waals surface area contributed by atoms with Gasteiger partial charge in [0.05, 0.1) is 0 Å². The molecular formula is C16H20N2O2. The number of nitrogens with one attached hydrogen (secondary N) is 2. The first kappa shape index (κ1) is 14.3. The minimum absolute atomic E-state index is 0.0717. The summed E-state index contributed by atoms with van der Waals surface area (Å²) in [5, 5.41) is 4.30. The number of H-pyrrole nitrogens is 1. The predicted octanol–water partition coefficient (Wildman–Crippen LogP) is 2.69. The van der Waals surface area contributed by atoms with E-state index in [-0.39, 0.29) is 17.5 Å². The average Bonchev–Trinajstić information content (AvgIpc) is 2.46. The number of rotatable bonds is 4. The monoisotopic (exact) mass is 272 g/mol. The van der Waals surface area contributed by atoms with Crippen LogP contribution in [0, 0.1) is 5.92 Å². The van der Waals surface area contributed by atoms with Gasteiger partial charge in [0.1, 0.15) is 5.69 Å². The number of amides is 1. The molecule has 1 heterocycles. The van der Waals surface area contributed by atoms with E-state index in [1.54, 1.807) is 12.1 Å². The van der Waals surface area contributed by atoms with E-state index in [1.165, 1.54) is 0 Å². The smallest absolute Gasteiger partial charge is 0.268 e. The molecule has 0 aliphatic heterocycles. The summed E-state index contributed by atoms with van der Waals surface area (Å²) in [6.07, 6.45) is 0.996. The number of hydrogen-bond donors (Lipinski definition) is 2. The molecular weight excluding hydrogens is 252 g/mol. The molecule has 2 aromatic rings. The lowest BCUT2D eigenvalue weighted by Gasteiger charge is -2.19. The highest BCUT2D eigenvalue weighted by Crippen LogP contribution is 2.11. The van der Waals surface area contributed by atoms with Gasteiger partial charge in [-0.05, 0) is 30.4 Å². The van der Waals surface area contributed by atoms with Crippen molar-refractivity contribution in [3.05, 3.63) is 46.4 Å². The Balaban J connectivity index is 2.29. The van der Waals surface area contributed by atoms with Gasteiger partial charge in [-0.15, -0.1) is 0 Å². The van der Waals surface area contributed by atoms with Gasteiger partial charge in [-0.3, -0.25) is 9.59 Å². The molecule has 0 saturated carbocycles. The minimum atomic E-state index is -0.236. The van der Waals surface area contributed by atoms with Gasteiger partial charge in [0.2, 0.25) is 0 Å². The fourth-order valence-corrected chi connectivity index (χ4v) is 2.11. The first-order valence-corrected chi connectivity index (χ1v) is 6.96. The maximum absolute atomic E-state index is 12.2. The Morgan fingerprint density at radius 3 is 2.70 bits per heavy atom. The van der Waals surface area contributed by atoms with Crippen LogP contribution in [0.1, 0.15) is 37.7 Å². The molecule has 1 aromatic heterocycles. The number of aromatic amines is 1. The van der Waals surface area contributed by atoms with Crippen molar-refractivity contribution in [3.8, 4) is 0 Å². The highest BCUT2D eigenvalue weighted by Gasteiger charge is 2.15. The zero-order valence-corrected chi connectivity index (χ0v) is 12.1. The van der Waals surface area contributed by atoms with Gasteiger partial charge in [0.25, 0.3) is 11.5 Å². The van der Waals surface area contributed by atoms with Crippen molar-refractivity contribution in [2.45, 2.75) is 33.2 Å². The van der Waals surface area contributed by atoms with Crippen molar-refractivity contribution >= 4 is 16.7 Å². The van der Waals surface area contributed by atoms with E-state index in [4.69, 9.17) is 0 Å². The quantitative estimate of drug-likeness (QED) is 0.899. The lowest BCUT2D eigenvalue weighted by Crippen LogP contribution is -2.37. The minimum Gasteiger partial charge on any atom is -0.348 e. The van der Waals surface area contributed by atoms with Crippen LogP contribution in [0.25, 0.3) is 10.8 Å². The van der Waals surface area contributed by atoms with Crippen LogP contribution in [0.5, 0.6) is 0 Å². The van der Waals surface area contributed by atoms with E-state index in [0.29, 0.717) is 17.0 Å². The van der Waals surface area contributed by atoms with E-state index >= 15 is 0 Å². The second-order valence-corrected chi connectivity index (χ2v) is 5.25. The van der Waals surface area contributed by atoms with Crippen LogP contribution >= 0.6 is 0 Å². The van der Waals surface area contributed by atoms with Gasteiger partial charge < -0.3 is 10.3 Å². The Morgan fingerprint density at radius 2 is 2.00 bits per heavy atom. The molecule has 106 valence electrons. The molecule has 4 nitrogen and oxygen atoms in total. The van der Waals surface area contributed by atoms with Gasteiger partial charge in [-0.1, -0.05) is 38.5 Å². The Morgan fingerprint density at radius 1 is 1.30 bits per heavy atom. The van der Waals surface area contributed by atoms with Crippen LogP contribution < -0.4 is 10.9 Å². The molecule has 2 rings (SSSR count). The van der Waals surface area contributed by atoms with Crippen molar-refractivity contribution in [2.75, 3.05) is 0 Å². The third-order valence-corrected chi connectivity index (χ3v) is 3.85. The number of carbonyl (C=O) groups excluding carboxylic acids is 1. The second-order valence-electron chi connectivity index (χ2n) is 5.25. The molecule has 2 N–H and O–H groups in total. The van der Waals surface area contributed by atoms with Gasteiger partial charge in [0.15, 0.2) is 0 Å². The number of carbonyl (C=O) groups is 1. The molecule has 0 saturated heterocycles. The van der Waals surface area contributed by atoms with E-state index in [1.807, 2.05) is 25.1 Å². The molecule has 4 heteroatoms. The van der Waals surface area contributed by atoms with Gasteiger partial charge in [0, 0.05) is 11.4 Å². The van der Waals surface area contributed by atoms with Crippen LogP contribution in [-0.2, 0) is 0 Å². The summed E-state index contributed by atoms with van der Waals surface area (Å²) in [5.74, 6) is 0.159. The molecule has 1 aromatic carbocycles. The van der Waals surface area contributed by atoms with Crippen LogP contribution in [0.3, 0.4) is 0 Å². The van der Waals surface area contributed by atoms with Crippen molar-refractivity contribution < 1.29 is 4.79 Å². The van der Waals surface area contributed by atoms with Crippen LogP contribution in [0.4, 0.5) is 0 Å². The van der Waals surface area contributed by atoms with Gasteiger partial charge >= 0.3 is 0 Å². The molecule has 20 heavy (non-hydrogen) atoms. The number of fused-ring (bicyclic) bond motifs is 1. The van der Waals surface area contributed by atoms with Crippen molar-refractivity contribution in [3.63, 3.8) is 0 Å². The van der Waals surface area contributed by atoms with Crippen molar-refractivity contribution in [1.29, 1.82) is 0 Å². The zero-order chi connectivity index (χ0) is 14.7. The first-order chi connectivity index (χ1) is 9.52. The second kappa shape index (κ2) is 5.90. The highest BCUT2D eigenvalue weighted by atomic mass is 16.2. The van der Waals surface area contributed by atoms with Crippen LogP contribution in [-0.4, -0.2) is 16.9 Å². The molecule has 0 fully saturated rings. The van der Waals surface area contributed by atoms with Crippen LogP contribution in [0.2, 0.25) is 0 Å². The highest BCUT2D eigenvalue weighted by molar-refractivity contribution is 5.96. The van der Waals surface area contributed by atoms with E-state index in [0.717, 1.165) is 11.8 Å². The number of pyridine rings is 1. The number of benzene rings is 1. The topological polar surface area (TPSA) is 62.0 Å². The third-order valence-electron chi connectivity index (χ3n) is 3.85. The van der Waals surface area contributed by atoms with Gasteiger partial charge in [-0.25, -0.2) is 0 Å². The Bertz CT molecular complexity index is 675. The maximum atomic E-state index is 12.2. The number of aromatic nitrogens is 1. The predicted molar refractivity (Wildman–Crippen MR) is 81.0 cm³/mol. The molecule has 0 spiro atoms.